The molecule has 0 aliphatic carbocycles. The summed E-state index contributed by atoms with van der Waals surface area (Å²) in [4.78, 5) is 5.66. The van der Waals surface area contributed by atoms with E-state index < -0.39 is 0 Å². The average molecular weight is 299 g/mol. The quantitative estimate of drug-likeness (QED) is 0.912. The number of nitrogens with one attached hydrogen (secondary N) is 1. The van der Waals surface area contributed by atoms with Crippen LogP contribution in [0.3, 0.4) is 0 Å². The molecule has 1 aromatic carbocycles. The maximum Gasteiger partial charge on any atom is 0.129 e. The number of hydrogen-bond donors (Lipinski definition) is 1. The van der Waals surface area contributed by atoms with Gasteiger partial charge in [0, 0.05) is 15.5 Å². The van der Waals surface area contributed by atoms with E-state index in [4.69, 9.17) is 11.6 Å². The van der Waals surface area contributed by atoms with Crippen LogP contribution in [0.1, 0.15) is 34.1 Å². The summed E-state index contributed by atoms with van der Waals surface area (Å²) >= 11 is 7.73. The molecule has 1 heterocycles. The van der Waals surface area contributed by atoms with E-state index >= 15 is 0 Å². The van der Waals surface area contributed by atoms with Gasteiger partial charge < -0.3 is 5.32 Å². The second kappa shape index (κ2) is 5.99. The minimum Gasteiger partial charge on any atom is -0.304 e. The van der Waals surface area contributed by atoms with Crippen molar-refractivity contribution in [1.82, 2.24) is 10.3 Å². The lowest BCUT2D eigenvalue weighted by Crippen LogP contribution is -2.23. The van der Waals surface area contributed by atoms with Crippen molar-refractivity contribution >= 4 is 22.9 Å². The van der Waals surface area contributed by atoms with Crippen LogP contribution in [0, 0.1) is 19.7 Å². The molecule has 0 radical (unpaired) electrons. The molecule has 1 unspecified atom stereocenters. The van der Waals surface area contributed by atoms with Gasteiger partial charge in [-0.3, -0.25) is 0 Å². The maximum absolute atomic E-state index is 14.1. The van der Waals surface area contributed by atoms with Crippen molar-refractivity contribution in [1.29, 1.82) is 0 Å². The lowest BCUT2D eigenvalue weighted by Gasteiger charge is -2.18. The zero-order chi connectivity index (χ0) is 14.0. The zero-order valence-corrected chi connectivity index (χ0v) is 12.7. The summed E-state index contributed by atoms with van der Waals surface area (Å²) in [5.41, 5.74) is 1.45. The Hall–Kier alpha value is -0.970. The zero-order valence-electron chi connectivity index (χ0n) is 11.1. The van der Waals surface area contributed by atoms with Gasteiger partial charge in [0.25, 0.3) is 0 Å². The molecule has 0 fully saturated rings. The molecule has 2 nitrogen and oxygen atoms in total. The Bertz CT molecular complexity index is 543. The molecule has 0 saturated heterocycles. The number of thiazole rings is 1. The molecule has 1 aromatic heterocycles. The minimum absolute atomic E-state index is 0.295. The topological polar surface area (TPSA) is 24.9 Å². The molecule has 0 aliphatic rings. The fraction of sp³-hybridized carbons (Fsp3) is 0.357. The van der Waals surface area contributed by atoms with E-state index in [0.29, 0.717) is 17.1 Å². The first-order valence-corrected chi connectivity index (χ1v) is 7.35. The number of hydrogen-bond acceptors (Lipinski definition) is 3. The second-order valence-corrected chi connectivity index (χ2v) is 5.96. The summed E-state index contributed by atoms with van der Waals surface area (Å²) < 4.78 is 14.1. The molecular formula is C14H16ClFN2S. The van der Waals surface area contributed by atoms with E-state index in [-0.39, 0.29) is 11.9 Å². The van der Waals surface area contributed by atoms with E-state index in [0.717, 1.165) is 15.6 Å². The first kappa shape index (κ1) is 14.4. The van der Waals surface area contributed by atoms with E-state index in [1.807, 2.05) is 20.8 Å². The van der Waals surface area contributed by atoms with Gasteiger partial charge in [0.05, 0.1) is 11.7 Å². The van der Waals surface area contributed by atoms with Crippen molar-refractivity contribution < 1.29 is 4.39 Å². The number of benzene rings is 1. The molecule has 102 valence electrons. The molecule has 2 aromatic rings. The fourth-order valence-electron chi connectivity index (χ4n) is 1.92. The predicted octanol–water partition coefficient (Wildman–Crippen LogP) is 4.25. The van der Waals surface area contributed by atoms with E-state index in [1.165, 1.54) is 6.07 Å². The van der Waals surface area contributed by atoms with Gasteiger partial charge >= 0.3 is 0 Å². The second-order valence-electron chi connectivity index (χ2n) is 4.32. The van der Waals surface area contributed by atoms with Gasteiger partial charge in [-0.05, 0) is 32.5 Å². The Morgan fingerprint density at radius 1 is 1.42 bits per heavy atom. The van der Waals surface area contributed by atoms with E-state index in [2.05, 4.69) is 10.3 Å². The van der Waals surface area contributed by atoms with Crippen molar-refractivity contribution in [3.8, 4) is 0 Å². The van der Waals surface area contributed by atoms with Gasteiger partial charge in [-0.1, -0.05) is 24.6 Å². The number of aryl methyl sites for hydroxylation is 2. The smallest absolute Gasteiger partial charge is 0.129 e. The molecule has 0 aliphatic heterocycles. The first-order chi connectivity index (χ1) is 9.04. The van der Waals surface area contributed by atoms with Crippen LogP contribution in [0.15, 0.2) is 18.2 Å². The van der Waals surface area contributed by atoms with Gasteiger partial charge in [0.1, 0.15) is 10.8 Å². The lowest BCUT2D eigenvalue weighted by molar-refractivity contribution is 0.557. The fourth-order valence-corrected chi connectivity index (χ4v) is 3.21. The standard InChI is InChI=1S/C14H16ClFN2S/c1-4-17-13(14-18-8(2)9(3)19-14)12-10(15)6-5-7-11(12)16/h5-7,13,17H,4H2,1-3H3. The average Bonchev–Trinajstić information content (AvgIpc) is 2.68. The lowest BCUT2D eigenvalue weighted by atomic mass is 10.1. The summed E-state index contributed by atoms with van der Waals surface area (Å²) in [6, 6.07) is 4.45. The predicted molar refractivity (Wildman–Crippen MR) is 78.5 cm³/mol. The third-order valence-corrected chi connectivity index (χ3v) is 4.46. The van der Waals surface area contributed by atoms with Crippen LogP contribution in [0.4, 0.5) is 4.39 Å². The van der Waals surface area contributed by atoms with Crippen molar-refractivity contribution in [2.45, 2.75) is 26.8 Å². The number of rotatable bonds is 4. The van der Waals surface area contributed by atoms with Crippen LogP contribution in [0.25, 0.3) is 0 Å². The van der Waals surface area contributed by atoms with Gasteiger partial charge in [0.15, 0.2) is 0 Å². The van der Waals surface area contributed by atoms with Gasteiger partial charge in [-0.2, -0.15) is 0 Å². The van der Waals surface area contributed by atoms with Crippen LogP contribution >= 0.6 is 22.9 Å². The molecule has 1 N–H and O–H groups in total. The Labute approximate surface area is 121 Å². The molecule has 5 heteroatoms. The summed E-state index contributed by atoms with van der Waals surface area (Å²) in [5, 5.41) is 4.54. The molecule has 19 heavy (non-hydrogen) atoms. The third kappa shape index (κ3) is 2.96. The molecule has 0 saturated carbocycles. The molecule has 2 rings (SSSR count). The van der Waals surface area contributed by atoms with Crippen LogP contribution in [-0.2, 0) is 0 Å². The highest BCUT2D eigenvalue weighted by Gasteiger charge is 2.23. The van der Waals surface area contributed by atoms with Crippen molar-refractivity contribution in [3.05, 3.63) is 50.2 Å². The number of nitrogens with zero attached hydrogens (tertiary/aromatic N) is 1. The van der Waals surface area contributed by atoms with Crippen LogP contribution < -0.4 is 5.32 Å². The van der Waals surface area contributed by atoms with Crippen molar-refractivity contribution in [3.63, 3.8) is 0 Å². The maximum atomic E-state index is 14.1. The van der Waals surface area contributed by atoms with Crippen LogP contribution in [0.5, 0.6) is 0 Å². The Morgan fingerprint density at radius 2 is 2.16 bits per heavy atom. The van der Waals surface area contributed by atoms with Gasteiger partial charge in [-0.25, -0.2) is 9.37 Å². The van der Waals surface area contributed by atoms with Crippen LogP contribution in [0.2, 0.25) is 5.02 Å². The summed E-state index contributed by atoms with van der Waals surface area (Å²) in [7, 11) is 0. The Kier molecular flexibility index (Phi) is 4.55. The highest BCUT2D eigenvalue weighted by molar-refractivity contribution is 7.11. The first-order valence-electron chi connectivity index (χ1n) is 6.15. The Morgan fingerprint density at radius 3 is 2.68 bits per heavy atom. The van der Waals surface area contributed by atoms with E-state index in [9.17, 15) is 4.39 Å². The van der Waals surface area contributed by atoms with Crippen molar-refractivity contribution in [2.75, 3.05) is 6.54 Å². The molecule has 0 amide bonds. The number of aromatic nitrogens is 1. The normalized spacial score (nSPS) is 12.7. The summed E-state index contributed by atoms with van der Waals surface area (Å²) in [5.74, 6) is -0.302. The molecular weight excluding hydrogens is 283 g/mol. The summed E-state index contributed by atoms with van der Waals surface area (Å²) in [6.07, 6.45) is 0. The molecule has 1 atom stereocenters. The highest BCUT2D eigenvalue weighted by Crippen LogP contribution is 2.33. The third-order valence-electron chi connectivity index (χ3n) is 2.99. The molecule has 0 spiro atoms. The SMILES string of the molecule is CCNC(c1nc(C)c(C)s1)c1c(F)cccc1Cl. The minimum atomic E-state index is -0.302. The number of halogens is 2. The largest absolute Gasteiger partial charge is 0.304 e. The monoisotopic (exact) mass is 298 g/mol. The van der Waals surface area contributed by atoms with Gasteiger partial charge in [0.2, 0.25) is 0 Å². The summed E-state index contributed by atoms with van der Waals surface area (Å²) in [6.45, 7) is 6.67. The van der Waals surface area contributed by atoms with Gasteiger partial charge in [-0.15, -0.1) is 11.3 Å². The Balaban J connectivity index is 2.51. The van der Waals surface area contributed by atoms with E-state index in [1.54, 1.807) is 23.5 Å². The molecule has 0 bridgehead atoms. The van der Waals surface area contributed by atoms with Crippen LogP contribution in [-0.4, -0.2) is 11.5 Å². The van der Waals surface area contributed by atoms with Crippen molar-refractivity contribution in [2.24, 2.45) is 0 Å². The highest BCUT2D eigenvalue weighted by atomic mass is 35.5.